The third-order valence-electron chi connectivity index (χ3n) is 4.32. The van der Waals surface area contributed by atoms with Crippen LogP contribution in [0.15, 0.2) is 24.3 Å². The number of hydrogen-bond donors (Lipinski definition) is 0. The summed E-state index contributed by atoms with van der Waals surface area (Å²) >= 11 is 0. The van der Waals surface area contributed by atoms with Gasteiger partial charge in [0.05, 0.1) is 18.3 Å². The molecule has 122 valence electrons. The number of carbonyl (C=O) groups is 1. The zero-order valence-corrected chi connectivity index (χ0v) is 14.3. The van der Waals surface area contributed by atoms with Crippen LogP contribution in [0, 0.1) is 0 Å². The van der Waals surface area contributed by atoms with Gasteiger partial charge in [0.25, 0.3) is 0 Å². The molecule has 0 aliphatic carbocycles. The Morgan fingerprint density at radius 1 is 1.32 bits per heavy atom. The predicted molar refractivity (Wildman–Crippen MR) is 87.0 cm³/mol. The Labute approximate surface area is 133 Å². The molecule has 22 heavy (non-hydrogen) atoms. The number of hydrogen-bond acceptors (Lipinski definition) is 3. The van der Waals surface area contributed by atoms with Crippen LogP contribution in [0.3, 0.4) is 0 Å². The van der Waals surface area contributed by atoms with Gasteiger partial charge in [-0.3, -0.25) is 4.79 Å². The number of benzene rings is 1. The minimum absolute atomic E-state index is 0.0107. The van der Waals surface area contributed by atoms with Gasteiger partial charge in [0, 0.05) is 13.6 Å². The van der Waals surface area contributed by atoms with E-state index in [1.54, 1.807) is 6.92 Å². The van der Waals surface area contributed by atoms with Gasteiger partial charge in [-0.1, -0.05) is 31.2 Å². The van der Waals surface area contributed by atoms with Crippen molar-refractivity contribution in [1.82, 2.24) is 9.21 Å². The van der Waals surface area contributed by atoms with Crippen molar-refractivity contribution in [3.8, 4) is 0 Å². The minimum atomic E-state index is -3.33. The molecule has 0 saturated heterocycles. The largest absolute Gasteiger partial charge is 0.334 e. The van der Waals surface area contributed by atoms with Crippen molar-refractivity contribution in [2.75, 3.05) is 25.9 Å². The molecule has 1 aromatic rings. The summed E-state index contributed by atoms with van der Waals surface area (Å²) in [6, 6.07) is 8.21. The van der Waals surface area contributed by atoms with Crippen LogP contribution in [0.4, 0.5) is 0 Å². The van der Waals surface area contributed by atoms with Crippen molar-refractivity contribution in [2.24, 2.45) is 0 Å². The van der Waals surface area contributed by atoms with Gasteiger partial charge in [-0.05, 0) is 30.9 Å². The molecule has 6 heteroatoms. The van der Waals surface area contributed by atoms with E-state index < -0.39 is 10.0 Å². The molecule has 1 aromatic carbocycles. The number of fused-ring (bicyclic) bond motifs is 1. The van der Waals surface area contributed by atoms with Crippen LogP contribution >= 0.6 is 0 Å². The molecule has 5 nitrogen and oxygen atoms in total. The summed E-state index contributed by atoms with van der Waals surface area (Å²) in [5, 5.41) is 0. The van der Waals surface area contributed by atoms with E-state index in [1.165, 1.54) is 18.2 Å². The van der Waals surface area contributed by atoms with Crippen molar-refractivity contribution in [3.63, 3.8) is 0 Å². The quantitative estimate of drug-likeness (QED) is 0.830. The lowest BCUT2D eigenvalue weighted by atomic mass is 9.91. The minimum Gasteiger partial charge on any atom is -0.334 e. The van der Waals surface area contributed by atoms with E-state index in [2.05, 4.69) is 19.1 Å². The van der Waals surface area contributed by atoms with E-state index in [1.807, 2.05) is 17.0 Å². The summed E-state index contributed by atoms with van der Waals surface area (Å²) in [4.78, 5) is 14.4. The first-order valence-electron chi connectivity index (χ1n) is 7.72. The lowest BCUT2D eigenvalue weighted by molar-refractivity contribution is -0.134. The highest BCUT2D eigenvalue weighted by atomic mass is 32.2. The molecule has 0 unspecified atom stereocenters. The van der Waals surface area contributed by atoms with Gasteiger partial charge in [0.15, 0.2) is 0 Å². The molecule has 0 saturated carbocycles. The van der Waals surface area contributed by atoms with Crippen molar-refractivity contribution in [2.45, 2.75) is 32.7 Å². The summed E-state index contributed by atoms with van der Waals surface area (Å²) in [7, 11) is -1.86. The summed E-state index contributed by atoms with van der Waals surface area (Å²) in [6.07, 6.45) is 1.65. The van der Waals surface area contributed by atoms with E-state index in [0.717, 1.165) is 17.1 Å². The predicted octanol–water partition coefficient (Wildman–Crippen LogP) is 1.80. The number of amides is 1. The van der Waals surface area contributed by atoms with Gasteiger partial charge in [-0.2, -0.15) is 4.31 Å². The van der Waals surface area contributed by atoms with Crippen LogP contribution in [0.5, 0.6) is 0 Å². The van der Waals surface area contributed by atoms with Crippen LogP contribution in [0.1, 0.15) is 37.4 Å². The fourth-order valence-electron chi connectivity index (χ4n) is 2.99. The smallest absolute Gasteiger partial charge is 0.238 e. The normalized spacial score (nSPS) is 18.4. The number of likely N-dealkylation sites (N-methyl/N-ethyl adjacent to an activating group) is 1. The van der Waals surface area contributed by atoms with Gasteiger partial charge < -0.3 is 4.90 Å². The number of carbonyl (C=O) groups excluding carboxylic acids is 1. The molecule has 1 amide bonds. The first kappa shape index (κ1) is 17.0. The van der Waals surface area contributed by atoms with Gasteiger partial charge in [-0.15, -0.1) is 0 Å². The average molecular weight is 324 g/mol. The Kier molecular flexibility index (Phi) is 5.24. The molecule has 0 spiro atoms. The van der Waals surface area contributed by atoms with Crippen LogP contribution in [-0.4, -0.2) is 49.4 Å². The maximum atomic E-state index is 12.6. The van der Waals surface area contributed by atoms with Gasteiger partial charge in [-0.25, -0.2) is 8.42 Å². The highest BCUT2D eigenvalue weighted by Crippen LogP contribution is 2.32. The molecular weight excluding hydrogens is 300 g/mol. The molecule has 1 aliphatic rings. The second-order valence-corrected chi connectivity index (χ2v) is 7.98. The Morgan fingerprint density at radius 3 is 2.64 bits per heavy atom. The molecule has 0 N–H and O–H groups in total. The number of sulfonamides is 1. The zero-order chi connectivity index (χ0) is 16.3. The second-order valence-electron chi connectivity index (χ2n) is 5.62. The summed E-state index contributed by atoms with van der Waals surface area (Å²) < 4.78 is 24.8. The van der Waals surface area contributed by atoms with Crippen molar-refractivity contribution >= 4 is 15.9 Å². The maximum absolute atomic E-state index is 12.6. The number of rotatable bonds is 5. The molecular formula is C16H24N2O3S. The second kappa shape index (κ2) is 6.79. The van der Waals surface area contributed by atoms with Crippen LogP contribution in [0.25, 0.3) is 0 Å². The summed E-state index contributed by atoms with van der Waals surface area (Å²) in [6.45, 7) is 4.20. The van der Waals surface area contributed by atoms with Crippen LogP contribution in [0.2, 0.25) is 0 Å². The molecule has 0 aromatic heterocycles. The SMILES string of the molecule is CC[C@@H]1c2ccccc2CCN1C(=O)CN(C)S(=O)(=O)CC. The van der Waals surface area contributed by atoms with Gasteiger partial charge >= 0.3 is 0 Å². The van der Waals surface area contributed by atoms with Gasteiger partial charge in [0.2, 0.25) is 15.9 Å². The fraction of sp³-hybridized carbons (Fsp3) is 0.562. The first-order valence-corrected chi connectivity index (χ1v) is 9.32. The van der Waals surface area contributed by atoms with Gasteiger partial charge in [0.1, 0.15) is 0 Å². The third-order valence-corrected chi connectivity index (χ3v) is 6.13. The van der Waals surface area contributed by atoms with E-state index in [-0.39, 0.29) is 24.2 Å². The van der Waals surface area contributed by atoms with E-state index in [0.29, 0.717) is 6.54 Å². The zero-order valence-electron chi connectivity index (χ0n) is 13.4. The number of nitrogens with zero attached hydrogens (tertiary/aromatic N) is 2. The van der Waals surface area contributed by atoms with E-state index >= 15 is 0 Å². The average Bonchev–Trinajstić information content (AvgIpc) is 2.53. The lowest BCUT2D eigenvalue weighted by Gasteiger charge is -2.37. The molecule has 1 aliphatic heterocycles. The van der Waals surface area contributed by atoms with E-state index in [4.69, 9.17) is 0 Å². The maximum Gasteiger partial charge on any atom is 0.238 e. The van der Waals surface area contributed by atoms with E-state index in [9.17, 15) is 13.2 Å². The molecule has 0 bridgehead atoms. The van der Waals surface area contributed by atoms with Crippen molar-refractivity contribution in [1.29, 1.82) is 0 Å². The molecule has 1 atom stereocenters. The Balaban J connectivity index is 2.17. The third kappa shape index (κ3) is 3.33. The molecule has 1 heterocycles. The van der Waals surface area contributed by atoms with Crippen molar-refractivity contribution in [3.05, 3.63) is 35.4 Å². The molecule has 0 fully saturated rings. The Morgan fingerprint density at radius 2 is 2.00 bits per heavy atom. The van der Waals surface area contributed by atoms with Crippen molar-refractivity contribution < 1.29 is 13.2 Å². The molecule has 2 rings (SSSR count). The Bertz CT molecular complexity index is 643. The lowest BCUT2D eigenvalue weighted by Crippen LogP contribution is -2.45. The fourth-order valence-corrected chi connectivity index (χ4v) is 3.74. The highest BCUT2D eigenvalue weighted by Gasteiger charge is 2.31. The van der Waals surface area contributed by atoms with Crippen LogP contribution < -0.4 is 0 Å². The first-order chi connectivity index (χ1) is 10.4. The highest BCUT2D eigenvalue weighted by molar-refractivity contribution is 7.89. The summed E-state index contributed by atoms with van der Waals surface area (Å²) in [5.41, 5.74) is 2.47. The molecule has 0 radical (unpaired) electrons. The summed E-state index contributed by atoms with van der Waals surface area (Å²) in [5.74, 6) is -0.113. The standard InChI is InChI=1S/C16H24N2O3S/c1-4-15-14-9-7-6-8-13(14)10-11-18(15)16(19)12-17(3)22(20,21)5-2/h6-9,15H,4-5,10-12H2,1-3H3/t15-/m1/s1. The topological polar surface area (TPSA) is 57.7 Å². The monoisotopic (exact) mass is 324 g/mol. The Hall–Kier alpha value is -1.40. The van der Waals surface area contributed by atoms with Crippen LogP contribution in [-0.2, 0) is 21.2 Å².